The van der Waals surface area contributed by atoms with Crippen LogP contribution < -0.4 is 11.1 Å². The minimum Gasteiger partial charge on any atom is -0.379 e. The van der Waals surface area contributed by atoms with E-state index in [4.69, 9.17) is 10.5 Å². The molecule has 7 nitrogen and oxygen atoms in total. The van der Waals surface area contributed by atoms with E-state index in [-0.39, 0.29) is 24.2 Å². The van der Waals surface area contributed by atoms with Gasteiger partial charge in [-0.3, -0.25) is 4.79 Å². The van der Waals surface area contributed by atoms with E-state index in [9.17, 15) is 9.18 Å². The highest BCUT2D eigenvalue weighted by molar-refractivity contribution is 5.93. The van der Waals surface area contributed by atoms with Crippen molar-refractivity contribution in [1.29, 1.82) is 0 Å². The van der Waals surface area contributed by atoms with E-state index in [1.54, 1.807) is 6.07 Å². The summed E-state index contributed by atoms with van der Waals surface area (Å²) in [5.74, 6) is -1.19. The lowest BCUT2D eigenvalue weighted by Gasteiger charge is -2.14. The van der Waals surface area contributed by atoms with Crippen molar-refractivity contribution in [2.75, 3.05) is 18.5 Å². The minimum absolute atomic E-state index is 0.256. The lowest BCUT2D eigenvalue weighted by atomic mass is 10.0. The molecule has 1 aromatic carbocycles. The smallest absolute Gasteiger partial charge is 0.231 e. The van der Waals surface area contributed by atoms with E-state index in [1.165, 1.54) is 29.5 Å². The molecule has 1 aliphatic rings. The predicted octanol–water partition coefficient (Wildman–Crippen LogP) is 0.319. The van der Waals surface area contributed by atoms with Gasteiger partial charge in [0.1, 0.15) is 18.3 Å². The van der Waals surface area contributed by atoms with Gasteiger partial charge in [-0.25, -0.2) is 14.1 Å². The quantitative estimate of drug-likeness (QED) is 0.849. The molecular weight excluding hydrogens is 277 g/mol. The zero-order valence-electron chi connectivity index (χ0n) is 11.1. The highest BCUT2D eigenvalue weighted by Crippen LogP contribution is 2.19. The van der Waals surface area contributed by atoms with Crippen LogP contribution in [-0.4, -0.2) is 39.9 Å². The number of rotatable bonds is 3. The third kappa shape index (κ3) is 2.76. The summed E-state index contributed by atoms with van der Waals surface area (Å²) in [5.41, 5.74) is 6.39. The molecule has 1 saturated heterocycles. The van der Waals surface area contributed by atoms with Gasteiger partial charge < -0.3 is 15.8 Å². The Hall–Kier alpha value is -2.32. The highest BCUT2D eigenvalue weighted by atomic mass is 19.1. The van der Waals surface area contributed by atoms with Gasteiger partial charge in [-0.15, -0.1) is 0 Å². The van der Waals surface area contributed by atoms with Gasteiger partial charge in [0.25, 0.3) is 0 Å². The average Bonchev–Trinajstić information content (AvgIpc) is 3.10. The fourth-order valence-corrected chi connectivity index (χ4v) is 2.18. The number of benzene rings is 1. The van der Waals surface area contributed by atoms with Crippen molar-refractivity contribution in [3.63, 3.8) is 0 Å². The molecule has 2 unspecified atom stereocenters. The summed E-state index contributed by atoms with van der Waals surface area (Å²) in [5, 5.41) is 6.50. The van der Waals surface area contributed by atoms with Gasteiger partial charge in [0.2, 0.25) is 5.91 Å². The number of nitrogens with one attached hydrogen (secondary N) is 1. The monoisotopic (exact) mass is 291 g/mol. The molecule has 2 heterocycles. The van der Waals surface area contributed by atoms with E-state index >= 15 is 0 Å². The molecule has 2 aromatic rings. The molecule has 1 fully saturated rings. The van der Waals surface area contributed by atoms with Crippen LogP contribution >= 0.6 is 0 Å². The SMILES string of the molecule is NC1COCC1C(=O)Nc1ccc(-n2cncn2)c(F)c1. The molecule has 2 atom stereocenters. The third-order valence-electron chi connectivity index (χ3n) is 3.34. The van der Waals surface area contributed by atoms with Crippen LogP contribution in [0.25, 0.3) is 5.69 Å². The zero-order valence-corrected chi connectivity index (χ0v) is 11.1. The van der Waals surface area contributed by atoms with Gasteiger partial charge in [0, 0.05) is 11.7 Å². The topological polar surface area (TPSA) is 95.1 Å². The van der Waals surface area contributed by atoms with Crippen molar-refractivity contribution < 1.29 is 13.9 Å². The third-order valence-corrected chi connectivity index (χ3v) is 3.34. The van der Waals surface area contributed by atoms with E-state index in [0.717, 1.165) is 0 Å². The summed E-state index contributed by atoms with van der Waals surface area (Å²) >= 11 is 0. The summed E-state index contributed by atoms with van der Waals surface area (Å²) in [4.78, 5) is 15.8. The molecule has 110 valence electrons. The van der Waals surface area contributed by atoms with Crippen LogP contribution in [0, 0.1) is 11.7 Å². The van der Waals surface area contributed by atoms with Crippen LogP contribution in [0.2, 0.25) is 0 Å². The number of aromatic nitrogens is 3. The number of carbonyl (C=O) groups excluding carboxylic acids is 1. The first-order valence-electron chi connectivity index (χ1n) is 6.44. The molecule has 0 spiro atoms. The molecule has 1 amide bonds. The Morgan fingerprint density at radius 2 is 2.33 bits per heavy atom. The second kappa shape index (κ2) is 5.58. The van der Waals surface area contributed by atoms with Crippen molar-refractivity contribution >= 4 is 11.6 Å². The van der Waals surface area contributed by atoms with Crippen molar-refractivity contribution in [2.45, 2.75) is 6.04 Å². The Bertz CT molecular complexity index is 646. The Labute approximate surface area is 119 Å². The highest BCUT2D eigenvalue weighted by Gasteiger charge is 2.31. The standard InChI is InChI=1S/C13H14FN5O2/c14-10-3-8(1-2-12(10)19-7-16-6-17-19)18-13(20)9-4-21-5-11(9)15/h1-3,6-7,9,11H,4-5,15H2,(H,18,20). The van der Waals surface area contributed by atoms with Crippen molar-refractivity contribution in [2.24, 2.45) is 11.7 Å². The molecule has 21 heavy (non-hydrogen) atoms. The number of amides is 1. The number of nitrogens with two attached hydrogens (primary N) is 1. The zero-order chi connectivity index (χ0) is 14.8. The summed E-state index contributed by atoms with van der Waals surface area (Å²) in [6, 6.07) is 4.02. The Balaban J connectivity index is 1.75. The summed E-state index contributed by atoms with van der Waals surface area (Å²) in [6.07, 6.45) is 2.71. The Morgan fingerprint density at radius 1 is 1.48 bits per heavy atom. The number of halogens is 1. The minimum atomic E-state index is -0.509. The van der Waals surface area contributed by atoms with E-state index in [2.05, 4.69) is 15.4 Å². The normalized spacial score (nSPS) is 21.4. The largest absolute Gasteiger partial charge is 0.379 e. The van der Waals surface area contributed by atoms with Crippen LogP contribution in [0.4, 0.5) is 10.1 Å². The average molecular weight is 291 g/mol. The van der Waals surface area contributed by atoms with Gasteiger partial charge in [0.15, 0.2) is 5.82 Å². The second-order valence-corrected chi connectivity index (χ2v) is 4.80. The lowest BCUT2D eigenvalue weighted by Crippen LogP contribution is -2.37. The fourth-order valence-electron chi connectivity index (χ4n) is 2.18. The summed E-state index contributed by atoms with van der Waals surface area (Å²) in [7, 11) is 0. The second-order valence-electron chi connectivity index (χ2n) is 4.80. The molecule has 0 aliphatic carbocycles. The number of ether oxygens (including phenoxy) is 1. The number of nitrogens with zero attached hydrogens (tertiary/aromatic N) is 3. The van der Waals surface area contributed by atoms with Crippen LogP contribution in [0.15, 0.2) is 30.9 Å². The first-order valence-corrected chi connectivity index (χ1v) is 6.44. The first kappa shape index (κ1) is 13.7. The van der Waals surface area contributed by atoms with Crippen LogP contribution in [0.1, 0.15) is 0 Å². The maximum Gasteiger partial charge on any atom is 0.231 e. The molecule has 1 aromatic heterocycles. The molecule has 1 aliphatic heterocycles. The van der Waals surface area contributed by atoms with Crippen LogP contribution in [0.3, 0.4) is 0 Å². The molecule has 0 saturated carbocycles. The van der Waals surface area contributed by atoms with Gasteiger partial charge in [-0.05, 0) is 18.2 Å². The predicted molar refractivity (Wildman–Crippen MR) is 72.2 cm³/mol. The number of hydrogen-bond acceptors (Lipinski definition) is 5. The number of anilines is 1. The molecule has 0 bridgehead atoms. The fraction of sp³-hybridized carbons (Fsp3) is 0.308. The molecule has 8 heteroatoms. The summed E-state index contributed by atoms with van der Waals surface area (Å²) < 4.78 is 20.5. The van der Waals surface area contributed by atoms with Crippen molar-refractivity contribution in [1.82, 2.24) is 14.8 Å². The molecule has 3 rings (SSSR count). The van der Waals surface area contributed by atoms with Crippen LogP contribution in [0.5, 0.6) is 0 Å². The van der Waals surface area contributed by atoms with E-state index in [0.29, 0.717) is 12.3 Å². The molecule has 3 N–H and O–H groups in total. The lowest BCUT2D eigenvalue weighted by molar-refractivity contribution is -0.120. The molecular formula is C13H14FN5O2. The first-order chi connectivity index (χ1) is 10.1. The van der Waals surface area contributed by atoms with E-state index in [1.807, 2.05) is 0 Å². The van der Waals surface area contributed by atoms with Crippen molar-refractivity contribution in [3.8, 4) is 5.69 Å². The summed E-state index contributed by atoms with van der Waals surface area (Å²) in [6.45, 7) is 0.643. The van der Waals surface area contributed by atoms with Gasteiger partial charge in [-0.1, -0.05) is 0 Å². The Kier molecular flexibility index (Phi) is 3.63. The maximum atomic E-state index is 14.0. The van der Waals surface area contributed by atoms with E-state index < -0.39 is 11.7 Å². The molecule has 0 radical (unpaired) electrons. The van der Waals surface area contributed by atoms with Gasteiger partial charge in [0.05, 0.1) is 19.1 Å². The number of hydrogen-bond donors (Lipinski definition) is 2. The van der Waals surface area contributed by atoms with Crippen molar-refractivity contribution in [3.05, 3.63) is 36.7 Å². The Morgan fingerprint density at radius 3 is 2.95 bits per heavy atom. The number of carbonyl (C=O) groups is 1. The van der Waals surface area contributed by atoms with Gasteiger partial charge in [-0.2, -0.15) is 5.10 Å². The van der Waals surface area contributed by atoms with Gasteiger partial charge >= 0.3 is 0 Å². The maximum absolute atomic E-state index is 14.0. The van der Waals surface area contributed by atoms with Crippen LogP contribution in [-0.2, 0) is 9.53 Å².